The summed E-state index contributed by atoms with van der Waals surface area (Å²) in [5, 5.41) is 7.54. The highest BCUT2D eigenvalue weighted by molar-refractivity contribution is 5.40. The van der Waals surface area contributed by atoms with Crippen LogP contribution in [0.15, 0.2) is 18.6 Å². The van der Waals surface area contributed by atoms with E-state index in [1.54, 1.807) is 6.07 Å². The van der Waals surface area contributed by atoms with Crippen molar-refractivity contribution in [3.05, 3.63) is 30.0 Å². The van der Waals surface area contributed by atoms with E-state index in [0.29, 0.717) is 24.1 Å². The van der Waals surface area contributed by atoms with Crippen molar-refractivity contribution in [3.63, 3.8) is 0 Å². The fourth-order valence-corrected chi connectivity index (χ4v) is 1.68. The monoisotopic (exact) mass is 237 g/mol. The third kappa shape index (κ3) is 2.58. The minimum Gasteiger partial charge on any atom is -0.468 e. The van der Waals surface area contributed by atoms with Gasteiger partial charge in [-0.1, -0.05) is 6.92 Å². The molecule has 5 nitrogen and oxygen atoms in total. The number of fused-ring (bicyclic) bond motifs is 1. The first-order chi connectivity index (χ1) is 8.20. The minimum absolute atomic E-state index is 0.0556. The van der Waals surface area contributed by atoms with Crippen LogP contribution in [-0.2, 0) is 16.0 Å². The summed E-state index contributed by atoms with van der Waals surface area (Å²) < 4.78 is 19.9. The first-order valence-electron chi connectivity index (χ1n) is 5.23. The molecule has 0 saturated heterocycles. The quantitative estimate of drug-likeness (QED) is 0.734. The molecule has 0 N–H and O–H groups in total. The summed E-state index contributed by atoms with van der Waals surface area (Å²) in [4.78, 5) is 10.1. The van der Waals surface area contributed by atoms with Crippen molar-refractivity contribution in [2.45, 2.75) is 13.3 Å². The zero-order valence-corrected chi connectivity index (χ0v) is 9.34. The molecular weight excluding hydrogens is 225 g/mol. The second kappa shape index (κ2) is 4.90. The number of carbonyl (C=O) groups is 1. The van der Waals surface area contributed by atoms with Crippen LogP contribution in [0.2, 0.25) is 0 Å². The Morgan fingerprint density at radius 1 is 1.65 bits per heavy atom. The van der Waals surface area contributed by atoms with E-state index in [4.69, 9.17) is 0 Å². The highest BCUT2D eigenvalue weighted by atomic mass is 19.1. The molecule has 2 rings (SSSR count). The fraction of sp³-hybridized carbons (Fsp3) is 0.364. The molecule has 0 spiro atoms. The van der Waals surface area contributed by atoms with Crippen LogP contribution < -0.4 is 0 Å². The Morgan fingerprint density at radius 3 is 3.24 bits per heavy atom. The van der Waals surface area contributed by atoms with Crippen LogP contribution in [0.3, 0.4) is 0 Å². The molecule has 0 unspecified atom stereocenters. The average Bonchev–Trinajstić information content (AvgIpc) is 2.74. The summed E-state index contributed by atoms with van der Waals surface area (Å²) in [7, 11) is 0. The summed E-state index contributed by atoms with van der Waals surface area (Å²) in [6.45, 7) is 2.56. The molecule has 0 aliphatic rings. The van der Waals surface area contributed by atoms with Crippen LogP contribution >= 0.6 is 0 Å². The van der Waals surface area contributed by atoms with E-state index in [0.717, 1.165) is 0 Å². The van der Waals surface area contributed by atoms with Gasteiger partial charge in [0, 0.05) is 6.20 Å². The lowest BCUT2D eigenvalue weighted by Gasteiger charge is -2.10. The maximum Gasteiger partial charge on any atom is 0.293 e. The van der Waals surface area contributed by atoms with Crippen molar-refractivity contribution in [1.29, 1.82) is 0 Å². The van der Waals surface area contributed by atoms with Crippen molar-refractivity contribution in [2.24, 2.45) is 5.92 Å². The van der Waals surface area contributed by atoms with E-state index in [-0.39, 0.29) is 18.3 Å². The first-order valence-corrected chi connectivity index (χ1v) is 5.23. The Bertz CT molecular complexity index is 526. The molecular formula is C11H12FN3O2. The van der Waals surface area contributed by atoms with Crippen LogP contribution in [0.1, 0.15) is 12.5 Å². The van der Waals surface area contributed by atoms with Gasteiger partial charge in [0.15, 0.2) is 5.65 Å². The molecule has 0 radical (unpaired) electrons. The number of pyridine rings is 1. The number of hydrogen-bond acceptors (Lipinski definition) is 4. The van der Waals surface area contributed by atoms with Crippen LogP contribution in [0.25, 0.3) is 5.65 Å². The van der Waals surface area contributed by atoms with Gasteiger partial charge in [-0.15, -0.1) is 10.2 Å². The number of halogens is 1. The van der Waals surface area contributed by atoms with Gasteiger partial charge in [-0.2, -0.15) is 0 Å². The summed E-state index contributed by atoms with van der Waals surface area (Å²) in [6.07, 6.45) is 3.28. The number of rotatable bonds is 5. The van der Waals surface area contributed by atoms with E-state index in [9.17, 15) is 9.18 Å². The van der Waals surface area contributed by atoms with E-state index >= 15 is 0 Å². The van der Waals surface area contributed by atoms with Gasteiger partial charge in [0.25, 0.3) is 6.47 Å². The second-order valence-electron chi connectivity index (χ2n) is 3.98. The van der Waals surface area contributed by atoms with Crippen molar-refractivity contribution in [1.82, 2.24) is 14.6 Å². The minimum atomic E-state index is -0.310. The molecule has 90 valence electrons. The van der Waals surface area contributed by atoms with Gasteiger partial charge >= 0.3 is 0 Å². The largest absolute Gasteiger partial charge is 0.468 e. The zero-order valence-electron chi connectivity index (χ0n) is 9.34. The molecule has 0 saturated carbocycles. The molecule has 0 aliphatic carbocycles. The molecule has 0 amide bonds. The molecule has 6 heteroatoms. The van der Waals surface area contributed by atoms with Gasteiger partial charge in [0.05, 0.1) is 6.61 Å². The summed E-state index contributed by atoms with van der Waals surface area (Å²) in [6, 6.07) is 1.65. The van der Waals surface area contributed by atoms with Crippen LogP contribution in [-0.4, -0.2) is 27.7 Å². The van der Waals surface area contributed by atoms with Crippen molar-refractivity contribution < 1.29 is 13.9 Å². The molecule has 2 heterocycles. The SMILES string of the molecule is C[C@H](COC=O)Cc1cc2nncn2cc1F. The maximum absolute atomic E-state index is 13.7. The van der Waals surface area contributed by atoms with E-state index in [1.807, 2.05) is 6.92 Å². The summed E-state index contributed by atoms with van der Waals surface area (Å²) in [5.74, 6) is -0.254. The second-order valence-corrected chi connectivity index (χ2v) is 3.98. The molecule has 0 aromatic carbocycles. The predicted octanol–water partition coefficient (Wildman–Crippen LogP) is 1.22. The van der Waals surface area contributed by atoms with Crippen LogP contribution in [0.4, 0.5) is 4.39 Å². The van der Waals surface area contributed by atoms with Gasteiger partial charge in [0.2, 0.25) is 0 Å². The van der Waals surface area contributed by atoms with Gasteiger partial charge in [-0.25, -0.2) is 4.39 Å². The summed E-state index contributed by atoms with van der Waals surface area (Å²) in [5.41, 5.74) is 1.15. The lowest BCUT2D eigenvalue weighted by Crippen LogP contribution is -2.09. The highest BCUT2D eigenvalue weighted by Gasteiger charge is 2.10. The van der Waals surface area contributed by atoms with Gasteiger partial charge in [-0.05, 0) is 24.0 Å². The Kier molecular flexibility index (Phi) is 3.32. The van der Waals surface area contributed by atoms with Crippen molar-refractivity contribution in [3.8, 4) is 0 Å². The molecule has 1 atom stereocenters. The molecule has 2 aromatic heterocycles. The van der Waals surface area contributed by atoms with E-state index in [1.165, 1.54) is 16.9 Å². The lowest BCUT2D eigenvalue weighted by atomic mass is 10.0. The molecule has 0 aliphatic heterocycles. The first kappa shape index (κ1) is 11.5. The van der Waals surface area contributed by atoms with Gasteiger partial charge in [0.1, 0.15) is 12.1 Å². The van der Waals surface area contributed by atoms with E-state index in [2.05, 4.69) is 14.9 Å². The Morgan fingerprint density at radius 2 is 2.47 bits per heavy atom. The van der Waals surface area contributed by atoms with Crippen molar-refractivity contribution in [2.75, 3.05) is 6.61 Å². The topological polar surface area (TPSA) is 56.5 Å². The number of aromatic nitrogens is 3. The molecule has 0 fully saturated rings. The van der Waals surface area contributed by atoms with Crippen molar-refractivity contribution >= 4 is 12.1 Å². The number of hydrogen-bond donors (Lipinski definition) is 0. The summed E-state index contributed by atoms with van der Waals surface area (Å²) >= 11 is 0. The Hall–Kier alpha value is -1.98. The fourth-order valence-electron chi connectivity index (χ4n) is 1.68. The average molecular weight is 237 g/mol. The molecule has 17 heavy (non-hydrogen) atoms. The lowest BCUT2D eigenvalue weighted by molar-refractivity contribution is -0.129. The molecule has 2 aromatic rings. The number of ether oxygens (including phenoxy) is 1. The highest BCUT2D eigenvalue weighted by Crippen LogP contribution is 2.15. The number of carbonyl (C=O) groups excluding carboxylic acids is 1. The Labute approximate surface area is 97.2 Å². The van der Waals surface area contributed by atoms with Gasteiger partial charge < -0.3 is 4.74 Å². The van der Waals surface area contributed by atoms with Crippen LogP contribution in [0, 0.1) is 11.7 Å². The normalized spacial score (nSPS) is 12.6. The van der Waals surface area contributed by atoms with Crippen LogP contribution in [0.5, 0.6) is 0 Å². The maximum atomic E-state index is 13.7. The number of nitrogens with zero attached hydrogens (tertiary/aromatic N) is 3. The van der Waals surface area contributed by atoms with Gasteiger partial charge in [-0.3, -0.25) is 9.20 Å². The predicted molar refractivity (Wildman–Crippen MR) is 57.8 cm³/mol. The third-order valence-corrected chi connectivity index (χ3v) is 2.48. The zero-order chi connectivity index (χ0) is 12.3. The smallest absolute Gasteiger partial charge is 0.293 e. The molecule has 0 bridgehead atoms. The Balaban J connectivity index is 2.16. The third-order valence-electron chi connectivity index (χ3n) is 2.48. The van der Waals surface area contributed by atoms with E-state index < -0.39 is 0 Å². The standard InChI is InChI=1S/C11H12FN3O2/c1-8(5-17-7-16)2-9-3-11-14-13-6-15(11)4-10(9)12/h3-4,6-8H,2,5H2,1H3/t8-/m0/s1.